The highest BCUT2D eigenvalue weighted by atomic mass is 35.5. The molecule has 1 saturated heterocycles. The molecule has 5 rings (SSSR count). The maximum atomic E-state index is 13.4. The van der Waals surface area contributed by atoms with E-state index in [2.05, 4.69) is 24.3 Å². The third-order valence-electron chi connectivity index (χ3n) is 6.44. The Hall–Kier alpha value is -1.87. The van der Waals surface area contributed by atoms with Crippen molar-refractivity contribution in [1.29, 1.82) is 0 Å². The number of allylic oxidation sites excluding steroid dienone is 4. The summed E-state index contributed by atoms with van der Waals surface area (Å²) in [5, 5.41) is 0.602. The van der Waals surface area contributed by atoms with Gasteiger partial charge in [-0.2, -0.15) is 0 Å². The summed E-state index contributed by atoms with van der Waals surface area (Å²) in [5.74, 6) is 0.328. The molecule has 1 aromatic carbocycles. The normalized spacial score (nSPS) is 40.0. The molecule has 4 atom stereocenters. The van der Waals surface area contributed by atoms with Crippen molar-refractivity contribution in [3.8, 4) is 0 Å². The van der Waals surface area contributed by atoms with Gasteiger partial charge in [0.25, 0.3) is 0 Å². The van der Waals surface area contributed by atoms with Crippen LogP contribution in [0, 0.1) is 22.7 Å². The number of imide groups is 1. The average Bonchev–Trinajstić information content (AvgIpc) is 3.21. The predicted molar refractivity (Wildman–Crippen MR) is 87.9 cm³/mol. The molecule has 116 valence electrons. The number of anilines is 1. The number of amides is 2. The van der Waals surface area contributed by atoms with Crippen molar-refractivity contribution in [2.24, 2.45) is 22.7 Å². The molecule has 4 heteroatoms. The van der Waals surface area contributed by atoms with Crippen molar-refractivity contribution in [3.05, 3.63) is 53.6 Å². The van der Waals surface area contributed by atoms with Gasteiger partial charge in [0.2, 0.25) is 11.8 Å². The molecule has 0 aromatic heterocycles. The highest BCUT2D eigenvalue weighted by Gasteiger charge is 2.78. The molecule has 1 saturated carbocycles. The molecular formula is C19H16ClNO2. The lowest BCUT2D eigenvalue weighted by Crippen LogP contribution is -2.43. The van der Waals surface area contributed by atoms with E-state index in [-0.39, 0.29) is 23.7 Å². The number of benzene rings is 1. The number of hydrogen-bond acceptors (Lipinski definition) is 2. The largest absolute Gasteiger partial charge is 0.273 e. The van der Waals surface area contributed by atoms with Crippen LogP contribution >= 0.6 is 11.6 Å². The lowest BCUT2D eigenvalue weighted by atomic mass is 9.62. The quantitative estimate of drug-likeness (QED) is 0.582. The molecule has 3 aliphatic carbocycles. The van der Waals surface area contributed by atoms with E-state index in [1.54, 1.807) is 24.3 Å². The molecule has 23 heavy (non-hydrogen) atoms. The molecule has 0 N–H and O–H groups in total. The first-order chi connectivity index (χ1) is 11.1. The standard InChI is InChI=1S/C19H16ClNO2/c20-14-5-7-15(8-6-14)21-16(22)18-9-1-3-12(18)11-13-4-2-10-19(13,18)17(21)23/h1-8,12-13H,9-11H2/t12-,13+,18-,19+. The Kier molecular flexibility index (Phi) is 2.45. The van der Waals surface area contributed by atoms with Gasteiger partial charge in [-0.15, -0.1) is 0 Å². The van der Waals surface area contributed by atoms with Crippen molar-refractivity contribution >= 4 is 29.1 Å². The van der Waals surface area contributed by atoms with Gasteiger partial charge in [-0.05, 0) is 55.4 Å². The topological polar surface area (TPSA) is 37.4 Å². The van der Waals surface area contributed by atoms with Gasteiger partial charge >= 0.3 is 0 Å². The summed E-state index contributed by atoms with van der Waals surface area (Å²) in [6.07, 6.45) is 10.8. The first kappa shape index (κ1) is 13.6. The molecule has 3 nitrogen and oxygen atoms in total. The molecule has 4 aliphatic rings. The molecule has 2 amide bonds. The Bertz CT molecular complexity index is 752. The number of nitrogens with zero attached hydrogens (tertiary/aromatic N) is 1. The SMILES string of the molecule is O=C1N(c2ccc(Cl)cc2)C(=O)[C@]23CC=C[C@H]2C[C@H]2C=CC[C@]123. The molecular weight excluding hydrogens is 310 g/mol. The second-order valence-corrected chi connectivity index (χ2v) is 7.51. The van der Waals surface area contributed by atoms with Crippen LogP contribution in [-0.2, 0) is 9.59 Å². The fourth-order valence-electron chi connectivity index (χ4n) is 5.52. The Morgan fingerprint density at radius 2 is 1.43 bits per heavy atom. The minimum atomic E-state index is -0.572. The fourth-order valence-corrected chi connectivity index (χ4v) is 5.64. The maximum absolute atomic E-state index is 13.4. The average molecular weight is 326 g/mol. The van der Waals surface area contributed by atoms with Gasteiger partial charge in [0, 0.05) is 5.02 Å². The van der Waals surface area contributed by atoms with E-state index in [0.29, 0.717) is 23.6 Å². The first-order valence-electron chi connectivity index (χ1n) is 8.09. The van der Waals surface area contributed by atoms with E-state index >= 15 is 0 Å². The molecule has 1 aromatic rings. The van der Waals surface area contributed by atoms with Gasteiger partial charge in [-0.1, -0.05) is 35.9 Å². The van der Waals surface area contributed by atoms with Gasteiger partial charge < -0.3 is 0 Å². The molecule has 1 aliphatic heterocycles. The maximum Gasteiger partial charge on any atom is 0.242 e. The second-order valence-electron chi connectivity index (χ2n) is 7.08. The summed E-state index contributed by atoms with van der Waals surface area (Å²) in [4.78, 5) is 28.3. The Morgan fingerprint density at radius 1 is 0.913 bits per heavy atom. The van der Waals surface area contributed by atoms with Crippen LogP contribution in [0.1, 0.15) is 19.3 Å². The fraction of sp³-hybridized carbons (Fsp3) is 0.368. The molecule has 2 fully saturated rings. The Labute approximate surface area is 139 Å². The molecule has 0 radical (unpaired) electrons. The van der Waals surface area contributed by atoms with E-state index in [9.17, 15) is 9.59 Å². The van der Waals surface area contributed by atoms with E-state index in [1.807, 2.05) is 0 Å². The van der Waals surface area contributed by atoms with Gasteiger partial charge in [0.05, 0.1) is 16.5 Å². The van der Waals surface area contributed by atoms with Gasteiger partial charge in [0.15, 0.2) is 0 Å². The number of carbonyl (C=O) groups excluding carboxylic acids is 2. The zero-order valence-corrected chi connectivity index (χ0v) is 13.3. The smallest absolute Gasteiger partial charge is 0.242 e. The number of rotatable bonds is 1. The highest BCUT2D eigenvalue weighted by Crippen LogP contribution is 2.72. The zero-order valence-electron chi connectivity index (χ0n) is 12.5. The number of carbonyl (C=O) groups is 2. The summed E-state index contributed by atoms with van der Waals surface area (Å²) in [7, 11) is 0. The van der Waals surface area contributed by atoms with Crippen LogP contribution in [0.4, 0.5) is 5.69 Å². The van der Waals surface area contributed by atoms with Crippen LogP contribution in [-0.4, -0.2) is 11.8 Å². The van der Waals surface area contributed by atoms with Crippen LogP contribution in [0.15, 0.2) is 48.6 Å². The number of hydrogen-bond donors (Lipinski definition) is 0. The molecule has 0 unspecified atom stereocenters. The van der Waals surface area contributed by atoms with E-state index < -0.39 is 10.8 Å². The zero-order chi connectivity index (χ0) is 15.8. The van der Waals surface area contributed by atoms with Crippen molar-refractivity contribution in [2.45, 2.75) is 19.3 Å². The van der Waals surface area contributed by atoms with Gasteiger partial charge in [-0.3, -0.25) is 9.59 Å². The van der Waals surface area contributed by atoms with Crippen LogP contribution in [0.5, 0.6) is 0 Å². The van der Waals surface area contributed by atoms with Crippen LogP contribution < -0.4 is 4.90 Å². The third kappa shape index (κ3) is 1.31. The predicted octanol–water partition coefficient (Wildman–Crippen LogP) is 3.74. The minimum Gasteiger partial charge on any atom is -0.273 e. The van der Waals surface area contributed by atoms with Crippen molar-refractivity contribution in [3.63, 3.8) is 0 Å². The Balaban J connectivity index is 1.70. The summed E-state index contributed by atoms with van der Waals surface area (Å²) < 4.78 is 0. The first-order valence-corrected chi connectivity index (χ1v) is 8.47. The van der Waals surface area contributed by atoms with Gasteiger partial charge in [-0.25, -0.2) is 4.90 Å². The molecule has 2 spiro atoms. The lowest BCUT2D eigenvalue weighted by molar-refractivity contribution is -0.134. The van der Waals surface area contributed by atoms with Crippen molar-refractivity contribution in [2.75, 3.05) is 4.90 Å². The van der Waals surface area contributed by atoms with E-state index in [1.165, 1.54) is 4.90 Å². The molecule has 1 heterocycles. The van der Waals surface area contributed by atoms with Crippen molar-refractivity contribution < 1.29 is 9.59 Å². The monoisotopic (exact) mass is 325 g/mol. The highest BCUT2D eigenvalue weighted by molar-refractivity contribution is 6.31. The summed E-state index contributed by atoms with van der Waals surface area (Å²) in [5.41, 5.74) is -0.505. The van der Waals surface area contributed by atoms with E-state index in [4.69, 9.17) is 11.6 Å². The Morgan fingerprint density at radius 3 is 1.96 bits per heavy atom. The lowest BCUT2D eigenvalue weighted by Gasteiger charge is -2.35. The summed E-state index contributed by atoms with van der Waals surface area (Å²) in [6.45, 7) is 0. The van der Waals surface area contributed by atoms with Crippen LogP contribution in [0.2, 0.25) is 5.02 Å². The van der Waals surface area contributed by atoms with Gasteiger partial charge in [0.1, 0.15) is 0 Å². The summed E-state index contributed by atoms with van der Waals surface area (Å²) in [6, 6.07) is 6.99. The minimum absolute atomic E-state index is 0.0222. The van der Waals surface area contributed by atoms with Crippen LogP contribution in [0.25, 0.3) is 0 Å². The molecule has 0 bridgehead atoms. The van der Waals surface area contributed by atoms with E-state index in [0.717, 1.165) is 6.42 Å². The summed E-state index contributed by atoms with van der Waals surface area (Å²) >= 11 is 5.95. The number of halogens is 1. The third-order valence-corrected chi connectivity index (χ3v) is 6.69. The van der Waals surface area contributed by atoms with Crippen molar-refractivity contribution in [1.82, 2.24) is 0 Å². The van der Waals surface area contributed by atoms with Crippen LogP contribution in [0.3, 0.4) is 0 Å². The second kappa shape index (κ2) is 4.15.